The summed E-state index contributed by atoms with van der Waals surface area (Å²) in [5.74, 6) is 1.90. The number of piperazine rings is 1. The van der Waals surface area contributed by atoms with E-state index >= 15 is 0 Å². The molecule has 2 fully saturated rings. The Balaban J connectivity index is 1.81. The molecule has 0 radical (unpaired) electrons. The molecule has 1 N–H and O–H groups in total. The van der Waals surface area contributed by atoms with Gasteiger partial charge in [-0.1, -0.05) is 20.8 Å². The number of aromatic nitrogens is 3. The zero-order valence-corrected chi connectivity index (χ0v) is 14.1. The van der Waals surface area contributed by atoms with Crippen molar-refractivity contribution >= 4 is 0 Å². The van der Waals surface area contributed by atoms with Crippen LogP contribution in [0.3, 0.4) is 0 Å². The third-order valence-corrected chi connectivity index (χ3v) is 5.47. The molecule has 5 heteroatoms. The van der Waals surface area contributed by atoms with Gasteiger partial charge in [-0.3, -0.25) is 9.58 Å². The lowest BCUT2D eigenvalue weighted by atomic mass is 9.81. The van der Waals surface area contributed by atoms with Crippen molar-refractivity contribution in [3.63, 3.8) is 0 Å². The monoisotopic (exact) mass is 291 g/mol. The maximum atomic E-state index is 4.43. The summed E-state index contributed by atoms with van der Waals surface area (Å²) >= 11 is 0. The summed E-state index contributed by atoms with van der Waals surface area (Å²) in [4.78, 5) is 7.09. The lowest BCUT2D eigenvalue weighted by Gasteiger charge is -2.51. The molecule has 2 aliphatic rings. The largest absolute Gasteiger partial charge is 0.310 e. The normalized spacial score (nSPS) is 31.6. The van der Waals surface area contributed by atoms with Gasteiger partial charge in [0, 0.05) is 31.7 Å². The molecule has 1 aromatic rings. The van der Waals surface area contributed by atoms with E-state index in [2.05, 4.69) is 48.0 Å². The predicted octanol–water partition coefficient (Wildman–Crippen LogP) is 1.80. The van der Waals surface area contributed by atoms with Gasteiger partial charge in [-0.05, 0) is 31.1 Å². The highest BCUT2D eigenvalue weighted by Crippen LogP contribution is 2.45. The van der Waals surface area contributed by atoms with Crippen LogP contribution in [-0.4, -0.2) is 44.3 Å². The van der Waals surface area contributed by atoms with Crippen molar-refractivity contribution in [1.29, 1.82) is 0 Å². The molecule has 0 amide bonds. The fraction of sp³-hybridized carbons (Fsp3) is 0.875. The molecule has 118 valence electrons. The average Bonchev–Trinajstić information content (AvgIpc) is 3.17. The maximum Gasteiger partial charge on any atom is 0.140 e. The van der Waals surface area contributed by atoms with Crippen molar-refractivity contribution in [3.05, 3.63) is 12.2 Å². The Bertz CT molecular complexity index is 499. The van der Waals surface area contributed by atoms with Crippen LogP contribution in [-0.2, 0) is 13.6 Å². The third kappa shape index (κ3) is 2.86. The van der Waals surface area contributed by atoms with Crippen molar-refractivity contribution in [2.45, 2.75) is 58.7 Å². The van der Waals surface area contributed by atoms with Crippen LogP contribution in [0, 0.1) is 11.3 Å². The highest BCUT2D eigenvalue weighted by Gasteiger charge is 2.49. The van der Waals surface area contributed by atoms with Gasteiger partial charge in [0.15, 0.2) is 0 Å². The minimum Gasteiger partial charge on any atom is -0.310 e. The average molecular weight is 291 g/mol. The summed E-state index contributed by atoms with van der Waals surface area (Å²) < 4.78 is 1.90. The van der Waals surface area contributed by atoms with E-state index in [1.54, 1.807) is 6.33 Å². The first-order chi connectivity index (χ1) is 9.80. The molecule has 0 spiro atoms. The summed E-state index contributed by atoms with van der Waals surface area (Å²) in [5.41, 5.74) is 0.538. The Morgan fingerprint density at radius 2 is 2.10 bits per heavy atom. The highest BCUT2D eigenvalue weighted by molar-refractivity contribution is 5.07. The number of aryl methyl sites for hydroxylation is 1. The molecule has 1 aromatic heterocycles. The first-order valence-electron chi connectivity index (χ1n) is 8.12. The van der Waals surface area contributed by atoms with E-state index in [0.29, 0.717) is 6.04 Å². The minimum atomic E-state index is 0.258. The predicted molar refractivity (Wildman–Crippen MR) is 83.8 cm³/mol. The van der Waals surface area contributed by atoms with Gasteiger partial charge < -0.3 is 5.32 Å². The fourth-order valence-electron chi connectivity index (χ4n) is 3.50. The van der Waals surface area contributed by atoms with Crippen molar-refractivity contribution in [2.24, 2.45) is 18.4 Å². The Hall–Kier alpha value is -0.940. The van der Waals surface area contributed by atoms with E-state index in [9.17, 15) is 0 Å². The molecule has 2 atom stereocenters. The molecule has 5 nitrogen and oxygen atoms in total. The molecular weight excluding hydrogens is 262 g/mol. The van der Waals surface area contributed by atoms with Gasteiger partial charge >= 0.3 is 0 Å². The topological polar surface area (TPSA) is 46.0 Å². The van der Waals surface area contributed by atoms with E-state index < -0.39 is 0 Å². The van der Waals surface area contributed by atoms with Crippen molar-refractivity contribution in [3.8, 4) is 0 Å². The number of nitrogens with one attached hydrogen (secondary N) is 1. The van der Waals surface area contributed by atoms with Gasteiger partial charge in [0.25, 0.3) is 0 Å². The van der Waals surface area contributed by atoms with Crippen LogP contribution < -0.4 is 5.32 Å². The number of nitrogens with zero attached hydrogens (tertiary/aromatic N) is 4. The molecule has 2 unspecified atom stereocenters. The van der Waals surface area contributed by atoms with Crippen molar-refractivity contribution < 1.29 is 0 Å². The number of hydrogen-bond acceptors (Lipinski definition) is 4. The summed E-state index contributed by atoms with van der Waals surface area (Å²) in [7, 11) is 1.99. The second-order valence-corrected chi connectivity index (χ2v) is 8.11. The standard InChI is InChI=1S/C16H29N5/c1-15(2,3)13-8-21(9-14-18-11-19-20(14)5)16(4,10-17-13)12-6-7-12/h11-13,17H,6-10H2,1-5H3. The summed E-state index contributed by atoms with van der Waals surface area (Å²) in [6, 6.07) is 0.526. The minimum absolute atomic E-state index is 0.258. The number of rotatable bonds is 3. The van der Waals surface area contributed by atoms with E-state index in [1.165, 1.54) is 12.8 Å². The molecule has 1 saturated heterocycles. The second kappa shape index (κ2) is 5.06. The fourth-order valence-corrected chi connectivity index (χ4v) is 3.50. The van der Waals surface area contributed by atoms with Gasteiger partial charge in [0.1, 0.15) is 12.2 Å². The van der Waals surface area contributed by atoms with Crippen LogP contribution in [0.2, 0.25) is 0 Å². The molecule has 0 bridgehead atoms. The summed E-state index contributed by atoms with van der Waals surface area (Å²) in [6.07, 6.45) is 4.40. The Morgan fingerprint density at radius 3 is 2.62 bits per heavy atom. The Morgan fingerprint density at radius 1 is 1.38 bits per heavy atom. The maximum absolute atomic E-state index is 4.43. The van der Waals surface area contributed by atoms with Crippen molar-refractivity contribution in [2.75, 3.05) is 13.1 Å². The molecule has 1 saturated carbocycles. The SMILES string of the molecule is Cn1ncnc1CN1CC(C(C)(C)C)NCC1(C)C1CC1. The lowest BCUT2D eigenvalue weighted by molar-refractivity contribution is 0.00175. The van der Waals surface area contributed by atoms with Crippen LogP contribution in [0.15, 0.2) is 6.33 Å². The van der Waals surface area contributed by atoms with Crippen LogP contribution in [0.1, 0.15) is 46.4 Å². The molecular formula is C16H29N5. The van der Waals surface area contributed by atoms with Gasteiger partial charge in [-0.2, -0.15) is 5.10 Å². The Kier molecular flexibility index (Phi) is 3.61. The van der Waals surface area contributed by atoms with E-state index in [-0.39, 0.29) is 11.0 Å². The van der Waals surface area contributed by atoms with E-state index in [4.69, 9.17) is 0 Å². The lowest BCUT2D eigenvalue weighted by Crippen LogP contribution is -2.66. The highest BCUT2D eigenvalue weighted by atomic mass is 15.4. The van der Waals surface area contributed by atoms with Crippen LogP contribution >= 0.6 is 0 Å². The van der Waals surface area contributed by atoms with Crippen LogP contribution in [0.4, 0.5) is 0 Å². The molecule has 3 rings (SSSR count). The van der Waals surface area contributed by atoms with E-state index in [0.717, 1.165) is 31.4 Å². The van der Waals surface area contributed by atoms with Crippen molar-refractivity contribution in [1.82, 2.24) is 25.0 Å². The second-order valence-electron chi connectivity index (χ2n) is 8.11. The van der Waals surface area contributed by atoms with E-state index in [1.807, 2.05) is 11.7 Å². The first kappa shape index (κ1) is 15.0. The molecule has 1 aliphatic heterocycles. The van der Waals surface area contributed by atoms with Gasteiger partial charge in [-0.25, -0.2) is 4.98 Å². The first-order valence-corrected chi connectivity index (χ1v) is 8.12. The molecule has 2 heterocycles. The third-order valence-electron chi connectivity index (χ3n) is 5.47. The van der Waals surface area contributed by atoms with Gasteiger partial charge in [0.2, 0.25) is 0 Å². The zero-order valence-electron chi connectivity index (χ0n) is 14.1. The molecule has 1 aliphatic carbocycles. The zero-order chi connectivity index (χ0) is 15.3. The van der Waals surface area contributed by atoms with Gasteiger partial charge in [0.05, 0.1) is 6.54 Å². The smallest absolute Gasteiger partial charge is 0.140 e. The summed E-state index contributed by atoms with van der Waals surface area (Å²) in [6.45, 7) is 12.5. The van der Waals surface area contributed by atoms with Crippen LogP contribution in [0.5, 0.6) is 0 Å². The molecule has 0 aromatic carbocycles. The van der Waals surface area contributed by atoms with Gasteiger partial charge in [-0.15, -0.1) is 0 Å². The molecule has 21 heavy (non-hydrogen) atoms. The Labute approximate surface area is 128 Å². The quantitative estimate of drug-likeness (QED) is 0.922. The number of hydrogen-bond donors (Lipinski definition) is 1. The summed E-state index contributed by atoms with van der Waals surface area (Å²) in [5, 5.41) is 8.03. The van der Waals surface area contributed by atoms with Crippen LogP contribution in [0.25, 0.3) is 0 Å².